The molecule has 0 atom stereocenters. The Morgan fingerprint density at radius 1 is 1.22 bits per heavy atom. The number of carbonyl (C=O) groups is 1. The number of aromatic nitrogens is 2. The number of nitrogens with zero attached hydrogens (tertiary/aromatic N) is 1. The van der Waals surface area contributed by atoms with Crippen molar-refractivity contribution >= 4 is 28.4 Å². The number of carbonyl (C=O) groups excluding carboxylic acids is 1. The fraction of sp³-hybridized carbons (Fsp3) is 0.222. The molecule has 1 aromatic carbocycles. The zero-order valence-electron chi connectivity index (χ0n) is 13.9. The van der Waals surface area contributed by atoms with Gasteiger partial charge in [0.05, 0.1) is 31.5 Å². The molecule has 0 spiro atoms. The minimum absolute atomic E-state index is 0.0781. The highest BCUT2D eigenvalue weighted by atomic mass is 35.5. The highest BCUT2D eigenvalue weighted by molar-refractivity contribution is 6.30. The van der Waals surface area contributed by atoms with Crippen molar-refractivity contribution in [3.63, 3.8) is 0 Å². The molecule has 0 bridgehead atoms. The van der Waals surface area contributed by atoms with Crippen LogP contribution in [0.4, 0.5) is 8.78 Å². The molecule has 0 unspecified atom stereocenters. The predicted octanol–water partition coefficient (Wildman–Crippen LogP) is 3.12. The molecule has 1 aliphatic rings. The molecule has 140 valence electrons. The molecular formula is C18H14ClF2N3O3. The lowest BCUT2D eigenvalue weighted by Gasteiger charge is -2.28. The minimum Gasteiger partial charge on any atom is -0.349 e. The molecule has 3 heterocycles. The molecular weight excluding hydrogens is 380 g/mol. The van der Waals surface area contributed by atoms with Crippen LogP contribution < -0.4 is 5.32 Å². The zero-order chi connectivity index (χ0) is 19.0. The number of aromatic amines is 1. The third-order valence-corrected chi connectivity index (χ3v) is 4.52. The zero-order valence-corrected chi connectivity index (χ0v) is 14.6. The molecule has 27 heavy (non-hydrogen) atoms. The first kappa shape index (κ1) is 17.8. The van der Waals surface area contributed by atoms with Gasteiger partial charge >= 0.3 is 0 Å². The van der Waals surface area contributed by atoms with Gasteiger partial charge < -0.3 is 19.8 Å². The fourth-order valence-corrected chi connectivity index (χ4v) is 3.14. The molecule has 2 aromatic heterocycles. The van der Waals surface area contributed by atoms with Crippen molar-refractivity contribution in [1.82, 2.24) is 15.3 Å². The van der Waals surface area contributed by atoms with Crippen LogP contribution in [0.25, 0.3) is 10.9 Å². The number of rotatable bonds is 4. The standard InChI is InChI=1S/C18H14ClF2N3O3/c19-16-6-10-5-14(24-15(10)8-22-16)17(25)23-9-18(26-3-4-27-18)11-1-2-12(20)13(21)7-11/h1-2,5-8,24H,3-4,9H2,(H,23,25). The number of ether oxygens (including phenoxy) is 2. The van der Waals surface area contributed by atoms with Crippen LogP contribution in [0.5, 0.6) is 0 Å². The van der Waals surface area contributed by atoms with Crippen molar-refractivity contribution in [3.05, 3.63) is 64.6 Å². The Labute approximate surface area is 157 Å². The van der Waals surface area contributed by atoms with Crippen molar-refractivity contribution < 1.29 is 23.0 Å². The van der Waals surface area contributed by atoms with Gasteiger partial charge in [-0.1, -0.05) is 17.7 Å². The molecule has 1 saturated heterocycles. The topological polar surface area (TPSA) is 76.2 Å². The van der Waals surface area contributed by atoms with Gasteiger partial charge in [0.25, 0.3) is 5.91 Å². The average Bonchev–Trinajstić information content (AvgIpc) is 3.29. The van der Waals surface area contributed by atoms with E-state index in [-0.39, 0.29) is 25.3 Å². The Balaban J connectivity index is 1.55. The fourth-order valence-electron chi connectivity index (χ4n) is 2.98. The van der Waals surface area contributed by atoms with E-state index < -0.39 is 23.3 Å². The third-order valence-electron chi connectivity index (χ3n) is 4.31. The molecule has 2 N–H and O–H groups in total. The van der Waals surface area contributed by atoms with Crippen LogP contribution in [0.1, 0.15) is 16.1 Å². The number of hydrogen-bond acceptors (Lipinski definition) is 4. The van der Waals surface area contributed by atoms with Crippen molar-refractivity contribution in [2.45, 2.75) is 5.79 Å². The van der Waals surface area contributed by atoms with E-state index in [1.54, 1.807) is 12.1 Å². The Hall–Kier alpha value is -2.55. The number of amides is 1. The number of halogens is 3. The minimum atomic E-state index is -1.37. The highest BCUT2D eigenvalue weighted by Crippen LogP contribution is 2.32. The van der Waals surface area contributed by atoms with Gasteiger partial charge in [-0.2, -0.15) is 0 Å². The lowest BCUT2D eigenvalue weighted by molar-refractivity contribution is -0.160. The van der Waals surface area contributed by atoms with Crippen LogP contribution in [0, 0.1) is 11.6 Å². The summed E-state index contributed by atoms with van der Waals surface area (Å²) in [5.74, 6) is -3.77. The van der Waals surface area contributed by atoms with E-state index in [2.05, 4.69) is 15.3 Å². The quantitative estimate of drug-likeness (QED) is 0.668. The summed E-state index contributed by atoms with van der Waals surface area (Å²) in [4.78, 5) is 19.4. The van der Waals surface area contributed by atoms with Crippen molar-refractivity contribution in [2.24, 2.45) is 0 Å². The molecule has 4 rings (SSSR count). The summed E-state index contributed by atoms with van der Waals surface area (Å²) in [6.07, 6.45) is 1.53. The van der Waals surface area contributed by atoms with Crippen LogP contribution in [0.15, 0.2) is 36.5 Å². The first-order valence-electron chi connectivity index (χ1n) is 8.13. The van der Waals surface area contributed by atoms with Gasteiger partial charge in [-0.15, -0.1) is 0 Å². The van der Waals surface area contributed by atoms with E-state index in [1.807, 2.05) is 0 Å². The summed E-state index contributed by atoms with van der Waals surface area (Å²) < 4.78 is 38.1. The van der Waals surface area contributed by atoms with E-state index >= 15 is 0 Å². The van der Waals surface area contributed by atoms with Gasteiger partial charge in [0.1, 0.15) is 10.8 Å². The molecule has 6 nitrogen and oxygen atoms in total. The van der Waals surface area contributed by atoms with Crippen LogP contribution in [0.2, 0.25) is 5.15 Å². The normalized spacial score (nSPS) is 16.0. The van der Waals surface area contributed by atoms with Gasteiger partial charge in [0.2, 0.25) is 5.79 Å². The van der Waals surface area contributed by atoms with Crippen LogP contribution >= 0.6 is 11.6 Å². The first-order valence-corrected chi connectivity index (χ1v) is 8.50. The number of benzene rings is 1. The summed E-state index contributed by atoms with van der Waals surface area (Å²) in [5.41, 5.74) is 1.24. The van der Waals surface area contributed by atoms with E-state index in [4.69, 9.17) is 21.1 Å². The van der Waals surface area contributed by atoms with Crippen molar-refractivity contribution in [3.8, 4) is 0 Å². The molecule has 0 aliphatic carbocycles. The number of fused-ring (bicyclic) bond motifs is 1. The molecule has 9 heteroatoms. The van der Waals surface area contributed by atoms with E-state index in [9.17, 15) is 13.6 Å². The molecule has 1 amide bonds. The third kappa shape index (κ3) is 3.39. The lowest BCUT2D eigenvalue weighted by Crippen LogP contribution is -2.42. The summed E-state index contributed by atoms with van der Waals surface area (Å²) in [6.45, 7) is 0.460. The molecule has 3 aromatic rings. The smallest absolute Gasteiger partial charge is 0.267 e. The molecule has 0 saturated carbocycles. The van der Waals surface area contributed by atoms with Gasteiger partial charge in [0.15, 0.2) is 11.6 Å². The van der Waals surface area contributed by atoms with Crippen LogP contribution in [0.3, 0.4) is 0 Å². The van der Waals surface area contributed by atoms with Gasteiger partial charge in [-0.25, -0.2) is 13.8 Å². The van der Waals surface area contributed by atoms with E-state index in [0.717, 1.165) is 17.5 Å². The summed E-state index contributed by atoms with van der Waals surface area (Å²) >= 11 is 5.85. The van der Waals surface area contributed by atoms with E-state index in [0.29, 0.717) is 16.4 Å². The van der Waals surface area contributed by atoms with Gasteiger partial charge in [-0.05, 0) is 24.3 Å². The second kappa shape index (κ2) is 6.88. The number of H-pyrrole nitrogens is 1. The van der Waals surface area contributed by atoms with Crippen LogP contribution in [-0.4, -0.2) is 35.6 Å². The Morgan fingerprint density at radius 3 is 2.74 bits per heavy atom. The maximum absolute atomic E-state index is 13.6. The van der Waals surface area contributed by atoms with Crippen molar-refractivity contribution in [1.29, 1.82) is 0 Å². The lowest BCUT2D eigenvalue weighted by atomic mass is 10.1. The number of nitrogens with one attached hydrogen (secondary N) is 2. The van der Waals surface area contributed by atoms with Crippen LogP contribution in [-0.2, 0) is 15.3 Å². The second-order valence-corrected chi connectivity index (χ2v) is 6.43. The summed E-state index contributed by atoms with van der Waals surface area (Å²) in [5, 5.41) is 3.76. The first-order chi connectivity index (χ1) is 13.0. The second-order valence-electron chi connectivity index (χ2n) is 6.04. The predicted molar refractivity (Wildman–Crippen MR) is 93.4 cm³/mol. The Kier molecular flexibility index (Phi) is 4.55. The SMILES string of the molecule is O=C(NCC1(c2ccc(F)c(F)c2)OCCO1)c1cc2cc(Cl)ncc2[nH]1. The maximum atomic E-state index is 13.6. The maximum Gasteiger partial charge on any atom is 0.267 e. The molecule has 1 fully saturated rings. The summed E-state index contributed by atoms with van der Waals surface area (Å²) in [6, 6.07) is 6.64. The van der Waals surface area contributed by atoms with Crippen molar-refractivity contribution in [2.75, 3.05) is 19.8 Å². The summed E-state index contributed by atoms with van der Waals surface area (Å²) in [7, 11) is 0. The largest absolute Gasteiger partial charge is 0.349 e. The molecule has 1 aliphatic heterocycles. The Morgan fingerprint density at radius 2 is 2.00 bits per heavy atom. The Bertz CT molecular complexity index is 1020. The molecule has 0 radical (unpaired) electrons. The van der Waals surface area contributed by atoms with E-state index in [1.165, 1.54) is 12.3 Å². The van der Waals surface area contributed by atoms with Gasteiger partial charge in [-0.3, -0.25) is 4.79 Å². The average molecular weight is 394 g/mol. The van der Waals surface area contributed by atoms with Gasteiger partial charge in [0, 0.05) is 10.9 Å². The monoisotopic (exact) mass is 393 g/mol. The number of pyridine rings is 1. The number of hydrogen-bond donors (Lipinski definition) is 2. The highest BCUT2D eigenvalue weighted by Gasteiger charge is 2.39.